The van der Waals surface area contributed by atoms with Crippen molar-refractivity contribution in [3.63, 3.8) is 0 Å². The Kier molecular flexibility index (Phi) is 4.73. The molecule has 10 nitrogen and oxygen atoms in total. The number of fused-ring (bicyclic) bond motifs is 1. The fourth-order valence-corrected chi connectivity index (χ4v) is 3.41. The number of benzene rings is 1. The van der Waals surface area contributed by atoms with E-state index in [4.69, 9.17) is 4.74 Å². The molecule has 0 radical (unpaired) electrons. The van der Waals surface area contributed by atoms with Crippen LogP contribution in [0, 0.1) is 11.3 Å². The SMILES string of the molecule is N#C[C@@]1(c2ccc3c(NC(=O)c4ccccc4)ncnn23)O[C@H](CO)[C@@H](O)[C@H]1O. The minimum absolute atomic E-state index is 0.134. The molecule has 4 rings (SSSR count). The summed E-state index contributed by atoms with van der Waals surface area (Å²) in [4.78, 5) is 16.5. The maximum Gasteiger partial charge on any atom is 0.256 e. The fraction of sp³-hybridized carbons (Fsp3) is 0.263. The number of carbonyl (C=O) groups excluding carboxylic acids is 1. The Morgan fingerprint density at radius 3 is 2.69 bits per heavy atom. The second-order valence-electron chi connectivity index (χ2n) is 6.57. The number of nitrogens with zero attached hydrogens (tertiary/aromatic N) is 4. The lowest BCUT2D eigenvalue weighted by molar-refractivity contribution is -0.0643. The summed E-state index contributed by atoms with van der Waals surface area (Å²) in [5.74, 6) is -0.184. The molecule has 2 aromatic heterocycles. The van der Waals surface area contributed by atoms with Crippen molar-refractivity contribution in [2.75, 3.05) is 11.9 Å². The molecule has 0 bridgehead atoms. The molecule has 0 saturated carbocycles. The molecule has 29 heavy (non-hydrogen) atoms. The highest BCUT2D eigenvalue weighted by molar-refractivity contribution is 6.05. The van der Waals surface area contributed by atoms with E-state index in [1.165, 1.54) is 16.9 Å². The summed E-state index contributed by atoms with van der Waals surface area (Å²) in [5.41, 5.74) is -1.02. The van der Waals surface area contributed by atoms with Gasteiger partial charge in [0.15, 0.2) is 5.82 Å². The van der Waals surface area contributed by atoms with Crippen LogP contribution >= 0.6 is 0 Å². The van der Waals surface area contributed by atoms with Crippen LogP contribution in [0.5, 0.6) is 0 Å². The number of aromatic nitrogens is 3. The number of carbonyl (C=O) groups is 1. The van der Waals surface area contributed by atoms with E-state index in [0.717, 1.165) is 0 Å². The summed E-state index contributed by atoms with van der Waals surface area (Å²) in [6.45, 7) is -0.571. The molecular formula is C19H17N5O5. The van der Waals surface area contributed by atoms with Gasteiger partial charge >= 0.3 is 0 Å². The maximum absolute atomic E-state index is 12.5. The molecule has 1 amide bonds. The zero-order valence-electron chi connectivity index (χ0n) is 15.0. The third-order valence-electron chi connectivity index (χ3n) is 4.90. The van der Waals surface area contributed by atoms with E-state index in [9.17, 15) is 25.4 Å². The topological polar surface area (TPSA) is 153 Å². The lowest BCUT2D eigenvalue weighted by Crippen LogP contribution is -2.40. The van der Waals surface area contributed by atoms with Crippen molar-refractivity contribution in [1.29, 1.82) is 5.26 Å². The Hall–Kier alpha value is -3.36. The van der Waals surface area contributed by atoms with Crippen molar-refractivity contribution < 1.29 is 24.9 Å². The summed E-state index contributed by atoms with van der Waals surface area (Å²) < 4.78 is 6.83. The van der Waals surface area contributed by atoms with Crippen LogP contribution in [0.1, 0.15) is 16.1 Å². The number of hydrogen-bond acceptors (Lipinski definition) is 8. The van der Waals surface area contributed by atoms with Crippen molar-refractivity contribution in [2.24, 2.45) is 0 Å². The van der Waals surface area contributed by atoms with E-state index in [1.807, 2.05) is 6.07 Å². The number of nitrogens with one attached hydrogen (secondary N) is 1. The fourth-order valence-electron chi connectivity index (χ4n) is 3.41. The molecule has 1 aromatic carbocycles. The smallest absolute Gasteiger partial charge is 0.256 e. The highest BCUT2D eigenvalue weighted by Crippen LogP contribution is 2.40. The van der Waals surface area contributed by atoms with Crippen LogP contribution in [0.25, 0.3) is 5.52 Å². The van der Waals surface area contributed by atoms with Crippen LogP contribution in [0.2, 0.25) is 0 Å². The zero-order valence-corrected chi connectivity index (χ0v) is 15.0. The Balaban J connectivity index is 1.75. The highest BCUT2D eigenvalue weighted by Gasteiger charge is 2.57. The molecule has 1 aliphatic heterocycles. The first-order valence-corrected chi connectivity index (χ1v) is 8.77. The number of anilines is 1. The van der Waals surface area contributed by atoms with Gasteiger partial charge in [0.25, 0.3) is 5.91 Å². The van der Waals surface area contributed by atoms with Gasteiger partial charge in [0, 0.05) is 5.56 Å². The summed E-state index contributed by atoms with van der Waals surface area (Å²) in [6.07, 6.45) is -3.01. The number of ether oxygens (including phenoxy) is 1. The van der Waals surface area contributed by atoms with Gasteiger partial charge < -0.3 is 25.4 Å². The minimum Gasteiger partial charge on any atom is -0.394 e. The molecular weight excluding hydrogens is 378 g/mol. The van der Waals surface area contributed by atoms with Crippen LogP contribution in [-0.2, 0) is 10.3 Å². The summed E-state index contributed by atoms with van der Waals surface area (Å²) in [6, 6.07) is 13.5. The van der Waals surface area contributed by atoms with Gasteiger partial charge in [-0.1, -0.05) is 18.2 Å². The van der Waals surface area contributed by atoms with Crippen molar-refractivity contribution in [3.05, 3.63) is 60.0 Å². The van der Waals surface area contributed by atoms with E-state index < -0.39 is 30.5 Å². The molecule has 10 heteroatoms. The van der Waals surface area contributed by atoms with Crippen molar-refractivity contribution >= 4 is 17.2 Å². The van der Waals surface area contributed by atoms with Crippen molar-refractivity contribution in [1.82, 2.24) is 14.6 Å². The van der Waals surface area contributed by atoms with Crippen LogP contribution < -0.4 is 5.32 Å². The molecule has 148 valence electrons. The van der Waals surface area contributed by atoms with Gasteiger partial charge in [0.05, 0.1) is 12.3 Å². The third kappa shape index (κ3) is 2.93. The Bertz CT molecular complexity index is 1100. The lowest BCUT2D eigenvalue weighted by Gasteiger charge is -2.24. The average molecular weight is 395 g/mol. The Morgan fingerprint density at radius 1 is 1.28 bits per heavy atom. The van der Waals surface area contributed by atoms with Gasteiger partial charge in [-0.05, 0) is 24.3 Å². The molecule has 1 saturated heterocycles. The highest BCUT2D eigenvalue weighted by atomic mass is 16.6. The molecule has 1 fully saturated rings. The van der Waals surface area contributed by atoms with E-state index in [2.05, 4.69) is 15.4 Å². The van der Waals surface area contributed by atoms with Gasteiger partial charge in [0.1, 0.15) is 36.2 Å². The Labute approximate surface area is 164 Å². The predicted molar refractivity (Wildman–Crippen MR) is 98.6 cm³/mol. The standard InChI is InChI=1S/C19H17N5O5/c20-9-19(16(27)15(26)13(8-25)29-19)14-7-6-12-17(21-10-22-24(12)14)23-18(28)11-4-2-1-3-5-11/h1-7,10,13,15-16,25-27H,8H2,(H,21,22,23,28)/t13-,15-,16-,19+/m1/s1. The number of nitriles is 1. The van der Waals surface area contributed by atoms with E-state index in [0.29, 0.717) is 11.1 Å². The normalized spacial score (nSPS) is 26.3. The monoisotopic (exact) mass is 395 g/mol. The van der Waals surface area contributed by atoms with E-state index >= 15 is 0 Å². The first-order valence-electron chi connectivity index (χ1n) is 8.77. The molecule has 3 aromatic rings. The molecule has 1 aliphatic rings. The molecule has 3 heterocycles. The second-order valence-corrected chi connectivity index (χ2v) is 6.57. The Morgan fingerprint density at radius 2 is 2.03 bits per heavy atom. The van der Waals surface area contributed by atoms with E-state index in [-0.39, 0.29) is 17.4 Å². The van der Waals surface area contributed by atoms with Crippen LogP contribution in [-0.4, -0.2) is 60.7 Å². The van der Waals surface area contributed by atoms with Gasteiger partial charge in [-0.2, -0.15) is 10.4 Å². The largest absolute Gasteiger partial charge is 0.394 e. The first kappa shape index (κ1) is 19.0. The molecule has 0 unspecified atom stereocenters. The van der Waals surface area contributed by atoms with Crippen LogP contribution in [0.4, 0.5) is 5.82 Å². The first-order chi connectivity index (χ1) is 14.0. The minimum atomic E-state index is -1.95. The summed E-state index contributed by atoms with van der Waals surface area (Å²) >= 11 is 0. The second kappa shape index (κ2) is 7.23. The zero-order chi connectivity index (χ0) is 20.6. The summed E-state index contributed by atoms with van der Waals surface area (Å²) in [7, 11) is 0. The molecule has 0 aliphatic carbocycles. The van der Waals surface area contributed by atoms with Crippen LogP contribution in [0.3, 0.4) is 0 Å². The number of aliphatic hydroxyl groups excluding tert-OH is 3. The predicted octanol–water partition coefficient (Wildman–Crippen LogP) is -0.187. The molecule has 0 spiro atoms. The van der Waals surface area contributed by atoms with Gasteiger partial charge in [-0.25, -0.2) is 9.50 Å². The van der Waals surface area contributed by atoms with Crippen molar-refractivity contribution in [3.8, 4) is 6.07 Å². The average Bonchev–Trinajstić information content (AvgIpc) is 3.30. The van der Waals surface area contributed by atoms with Crippen LogP contribution in [0.15, 0.2) is 48.8 Å². The molecule has 4 atom stereocenters. The number of amides is 1. The van der Waals surface area contributed by atoms with E-state index in [1.54, 1.807) is 36.4 Å². The maximum atomic E-state index is 12.5. The number of hydrogen-bond donors (Lipinski definition) is 4. The lowest BCUT2D eigenvalue weighted by atomic mass is 9.92. The van der Waals surface area contributed by atoms with Gasteiger partial charge in [-0.3, -0.25) is 4.79 Å². The molecule has 4 N–H and O–H groups in total. The van der Waals surface area contributed by atoms with Crippen molar-refractivity contribution in [2.45, 2.75) is 23.9 Å². The summed E-state index contributed by atoms with van der Waals surface area (Å²) in [5, 5.41) is 46.5. The van der Waals surface area contributed by atoms with Gasteiger partial charge in [-0.15, -0.1) is 0 Å². The number of rotatable bonds is 4. The third-order valence-corrected chi connectivity index (χ3v) is 4.90. The quantitative estimate of drug-likeness (QED) is 0.474. The van der Waals surface area contributed by atoms with Gasteiger partial charge in [0.2, 0.25) is 5.60 Å². The number of aliphatic hydroxyl groups is 3.